The van der Waals surface area contributed by atoms with Crippen LogP contribution in [0.4, 0.5) is 0 Å². The van der Waals surface area contributed by atoms with E-state index in [2.05, 4.69) is 45.3 Å². The van der Waals surface area contributed by atoms with Gasteiger partial charge in [0.05, 0.1) is 5.69 Å². The van der Waals surface area contributed by atoms with Crippen LogP contribution in [0.3, 0.4) is 0 Å². The number of aromatic nitrogens is 4. The summed E-state index contributed by atoms with van der Waals surface area (Å²) in [4.78, 5) is 16.9. The number of rotatable bonds is 2. The maximum absolute atomic E-state index is 4.76. The highest BCUT2D eigenvalue weighted by Gasteiger charge is 2.13. The number of benzene rings is 1. The summed E-state index contributed by atoms with van der Waals surface area (Å²) in [6.45, 7) is 0. The van der Waals surface area contributed by atoms with Gasteiger partial charge in [-0.1, -0.05) is 30.3 Å². The van der Waals surface area contributed by atoms with E-state index in [1.807, 2.05) is 36.5 Å². The van der Waals surface area contributed by atoms with Crippen molar-refractivity contribution >= 4 is 22.1 Å². The Morgan fingerprint density at radius 3 is 2.40 bits per heavy atom. The van der Waals surface area contributed by atoms with Crippen molar-refractivity contribution in [3.05, 3.63) is 79.3 Å². The molecule has 118 valence electrons. The summed E-state index contributed by atoms with van der Waals surface area (Å²) < 4.78 is 0. The van der Waals surface area contributed by atoms with Crippen molar-refractivity contribution in [3.8, 4) is 22.4 Å². The monoisotopic (exact) mass is 322 g/mol. The van der Waals surface area contributed by atoms with Crippen LogP contribution in [-0.2, 0) is 0 Å². The normalized spacial score (nSPS) is 11.2. The Labute approximate surface area is 144 Å². The zero-order valence-electron chi connectivity index (χ0n) is 13.3. The molecule has 0 bridgehead atoms. The van der Waals surface area contributed by atoms with E-state index in [4.69, 9.17) is 4.98 Å². The molecule has 0 atom stereocenters. The van der Waals surface area contributed by atoms with Gasteiger partial charge in [0, 0.05) is 40.5 Å². The molecule has 0 radical (unpaired) electrons. The van der Waals surface area contributed by atoms with E-state index in [-0.39, 0.29) is 0 Å². The number of H-pyrrole nitrogens is 1. The quantitative estimate of drug-likeness (QED) is 0.506. The van der Waals surface area contributed by atoms with Gasteiger partial charge in [0.2, 0.25) is 0 Å². The number of hydrogen-bond acceptors (Lipinski definition) is 3. The fourth-order valence-electron chi connectivity index (χ4n) is 3.22. The smallest absolute Gasteiger partial charge is 0.160 e. The van der Waals surface area contributed by atoms with E-state index < -0.39 is 0 Å². The van der Waals surface area contributed by atoms with E-state index in [0.29, 0.717) is 0 Å². The molecule has 0 aliphatic rings. The molecule has 0 aliphatic heterocycles. The van der Waals surface area contributed by atoms with Crippen molar-refractivity contribution in [3.63, 3.8) is 0 Å². The first-order valence-corrected chi connectivity index (χ1v) is 8.14. The molecule has 0 unspecified atom stereocenters. The van der Waals surface area contributed by atoms with Crippen molar-refractivity contribution in [2.45, 2.75) is 0 Å². The number of nitrogens with zero attached hydrogens (tertiary/aromatic N) is 3. The van der Waals surface area contributed by atoms with Gasteiger partial charge in [-0.05, 0) is 35.9 Å². The van der Waals surface area contributed by atoms with Gasteiger partial charge >= 0.3 is 0 Å². The summed E-state index contributed by atoms with van der Waals surface area (Å²) in [6, 6.07) is 20.4. The second-order valence-corrected chi connectivity index (χ2v) is 5.90. The van der Waals surface area contributed by atoms with Gasteiger partial charge < -0.3 is 4.98 Å². The van der Waals surface area contributed by atoms with Crippen LogP contribution in [-0.4, -0.2) is 19.9 Å². The maximum atomic E-state index is 4.76. The predicted octanol–water partition coefficient (Wildman–Crippen LogP) is 4.84. The molecular formula is C21H14N4. The molecule has 0 spiro atoms. The SMILES string of the molecule is c1ccc(-c2cc(-c3c[nH]c4ncccc34)c3cccnc3n2)cc1. The number of pyridine rings is 3. The van der Waals surface area contributed by atoms with Gasteiger partial charge in [0.25, 0.3) is 0 Å². The standard InChI is InChI=1S/C21H14N4/c1-2-6-14(7-3-1)19-12-17(15-8-4-11-23-21(15)25-19)18-13-24-20-16(18)9-5-10-22-20/h1-13H,(H,22,24). The predicted molar refractivity (Wildman–Crippen MR) is 100 cm³/mol. The molecule has 0 fully saturated rings. The Morgan fingerprint density at radius 1 is 0.720 bits per heavy atom. The van der Waals surface area contributed by atoms with Crippen molar-refractivity contribution in [2.24, 2.45) is 0 Å². The van der Waals surface area contributed by atoms with Crippen LogP contribution in [0.15, 0.2) is 79.3 Å². The lowest BCUT2D eigenvalue weighted by atomic mass is 10.00. The molecule has 5 rings (SSSR count). The summed E-state index contributed by atoms with van der Waals surface area (Å²) in [5.41, 5.74) is 5.84. The lowest BCUT2D eigenvalue weighted by Gasteiger charge is -2.09. The fourth-order valence-corrected chi connectivity index (χ4v) is 3.22. The highest BCUT2D eigenvalue weighted by atomic mass is 14.9. The first-order valence-electron chi connectivity index (χ1n) is 8.14. The Morgan fingerprint density at radius 2 is 1.52 bits per heavy atom. The summed E-state index contributed by atoms with van der Waals surface area (Å²) in [6.07, 6.45) is 5.59. The van der Waals surface area contributed by atoms with Gasteiger partial charge in [0.15, 0.2) is 5.65 Å². The van der Waals surface area contributed by atoms with Crippen LogP contribution < -0.4 is 0 Å². The zero-order valence-corrected chi connectivity index (χ0v) is 13.3. The van der Waals surface area contributed by atoms with Crippen molar-refractivity contribution in [1.29, 1.82) is 0 Å². The van der Waals surface area contributed by atoms with Gasteiger partial charge in [0.1, 0.15) is 5.65 Å². The average molecular weight is 322 g/mol. The molecule has 4 nitrogen and oxygen atoms in total. The fraction of sp³-hybridized carbons (Fsp3) is 0. The largest absolute Gasteiger partial charge is 0.346 e. The lowest BCUT2D eigenvalue weighted by Crippen LogP contribution is -1.91. The molecule has 25 heavy (non-hydrogen) atoms. The summed E-state index contributed by atoms with van der Waals surface area (Å²) in [5.74, 6) is 0. The minimum atomic E-state index is 0.747. The Hall–Kier alpha value is -3.53. The molecule has 0 aliphatic carbocycles. The Balaban J connectivity index is 1.85. The van der Waals surface area contributed by atoms with Gasteiger partial charge in [-0.2, -0.15) is 0 Å². The van der Waals surface area contributed by atoms with Crippen LogP contribution in [0.5, 0.6) is 0 Å². The number of nitrogens with one attached hydrogen (secondary N) is 1. The van der Waals surface area contributed by atoms with E-state index in [1.165, 1.54) is 0 Å². The minimum Gasteiger partial charge on any atom is -0.346 e. The summed E-state index contributed by atoms with van der Waals surface area (Å²) in [5, 5.41) is 2.13. The van der Waals surface area contributed by atoms with E-state index in [0.717, 1.165) is 44.5 Å². The molecular weight excluding hydrogens is 308 g/mol. The Bertz CT molecular complexity index is 1190. The first-order chi connectivity index (χ1) is 12.4. The average Bonchev–Trinajstić information content (AvgIpc) is 3.12. The highest BCUT2D eigenvalue weighted by molar-refractivity contribution is 6.03. The molecule has 0 saturated heterocycles. The van der Waals surface area contributed by atoms with Gasteiger partial charge in [-0.15, -0.1) is 0 Å². The number of hydrogen-bond donors (Lipinski definition) is 1. The van der Waals surface area contributed by atoms with Crippen molar-refractivity contribution in [1.82, 2.24) is 19.9 Å². The Kier molecular flexibility index (Phi) is 3.07. The van der Waals surface area contributed by atoms with E-state index in [1.54, 1.807) is 12.4 Å². The molecule has 1 aromatic carbocycles. The topological polar surface area (TPSA) is 54.5 Å². The third-order valence-corrected chi connectivity index (χ3v) is 4.40. The second-order valence-electron chi connectivity index (χ2n) is 5.90. The maximum Gasteiger partial charge on any atom is 0.160 e. The third-order valence-electron chi connectivity index (χ3n) is 4.40. The van der Waals surface area contributed by atoms with Crippen molar-refractivity contribution in [2.75, 3.05) is 0 Å². The third kappa shape index (κ3) is 2.27. The number of fused-ring (bicyclic) bond motifs is 2. The van der Waals surface area contributed by atoms with Crippen LogP contribution >= 0.6 is 0 Å². The van der Waals surface area contributed by atoms with Crippen LogP contribution in [0.25, 0.3) is 44.5 Å². The summed E-state index contributed by atoms with van der Waals surface area (Å²) >= 11 is 0. The van der Waals surface area contributed by atoms with Gasteiger partial charge in [-0.25, -0.2) is 15.0 Å². The zero-order chi connectivity index (χ0) is 16.6. The van der Waals surface area contributed by atoms with Crippen molar-refractivity contribution < 1.29 is 0 Å². The summed E-state index contributed by atoms with van der Waals surface area (Å²) in [7, 11) is 0. The molecule has 1 N–H and O–H groups in total. The van der Waals surface area contributed by atoms with Gasteiger partial charge in [-0.3, -0.25) is 0 Å². The second kappa shape index (κ2) is 5.53. The molecule has 4 heteroatoms. The molecule has 0 saturated carbocycles. The minimum absolute atomic E-state index is 0.747. The van der Waals surface area contributed by atoms with Crippen LogP contribution in [0.1, 0.15) is 0 Å². The molecule has 0 amide bonds. The molecule has 4 aromatic heterocycles. The van der Waals surface area contributed by atoms with Crippen LogP contribution in [0.2, 0.25) is 0 Å². The number of aromatic amines is 1. The molecule has 5 aromatic rings. The van der Waals surface area contributed by atoms with E-state index in [9.17, 15) is 0 Å². The molecule has 4 heterocycles. The highest BCUT2D eigenvalue weighted by Crippen LogP contribution is 2.34. The first kappa shape index (κ1) is 13.9. The van der Waals surface area contributed by atoms with Crippen LogP contribution in [0, 0.1) is 0 Å². The van der Waals surface area contributed by atoms with E-state index >= 15 is 0 Å². The lowest BCUT2D eigenvalue weighted by molar-refractivity contribution is 1.29.